The average molecular weight is 315 g/mol. The number of carbonyl (C=O) groups is 1. The Morgan fingerprint density at radius 3 is 2.96 bits per heavy atom. The minimum absolute atomic E-state index is 0.0146. The van der Waals surface area contributed by atoms with E-state index in [0.717, 1.165) is 25.3 Å². The van der Waals surface area contributed by atoms with Gasteiger partial charge in [-0.05, 0) is 31.5 Å². The fourth-order valence-corrected chi connectivity index (χ4v) is 3.32. The fraction of sp³-hybridized carbons (Fsp3) is 0.529. The average Bonchev–Trinajstić information content (AvgIpc) is 3.15. The summed E-state index contributed by atoms with van der Waals surface area (Å²) in [6.45, 7) is 2.96. The number of likely N-dealkylation sites (tertiary alicyclic amines) is 1. The van der Waals surface area contributed by atoms with Crippen molar-refractivity contribution in [2.75, 3.05) is 27.2 Å². The molecule has 124 valence electrons. The number of H-pyrrole nitrogens is 1. The Labute approximate surface area is 137 Å². The van der Waals surface area contributed by atoms with Gasteiger partial charge in [0.05, 0.1) is 0 Å². The second-order valence-corrected chi connectivity index (χ2v) is 6.57. The van der Waals surface area contributed by atoms with Crippen molar-refractivity contribution in [2.45, 2.75) is 25.3 Å². The third-order valence-electron chi connectivity index (χ3n) is 4.51. The smallest absolute Gasteiger partial charge is 0.269 e. The van der Waals surface area contributed by atoms with E-state index < -0.39 is 0 Å². The Morgan fingerprint density at radius 2 is 2.26 bits per heavy atom. The number of imidazole rings is 1. The Kier molecular flexibility index (Phi) is 4.52. The summed E-state index contributed by atoms with van der Waals surface area (Å²) in [7, 11) is 5.60. The molecule has 1 amide bonds. The predicted molar refractivity (Wildman–Crippen MR) is 89.3 cm³/mol. The number of rotatable bonds is 4. The van der Waals surface area contributed by atoms with Crippen molar-refractivity contribution in [3.05, 3.63) is 41.7 Å². The SMILES string of the molecule is CN(C)C(=O)c1ccc(CN2CCCC(c3nccn3C)C2)[nH]1. The molecular weight excluding hydrogens is 290 g/mol. The third kappa shape index (κ3) is 3.47. The highest BCUT2D eigenvalue weighted by Crippen LogP contribution is 2.26. The van der Waals surface area contributed by atoms with Crippen molar-refractivity contribution >= 4 is 5.91 Å². The minimum atomic E-state index is 0.0146. The minimum Gasteiger partial charge on any atom is -0.353 e. The first kappa shape index (κ1) is 15.8. The lowest BCUT2D eigenvalue weighted by atomic mass is 9.97. The molecular formula is C17H25N5O. The van der Waals surface area contributed by atoms with E-state index in [-0.39, 0.29) is 5.91 Å². The maximum absolute atomic E-state index is 12.0. The Hall–Kier alpha value is -2.08. The number of aryl methyl sites for hydroxylation is 1. The number of piperidine rings is 1. The zero-order valence-electron chi connectivity index (χ0n) is 14.1. The van der Waals surface area contributed by atoms with E-state index in [1.807, 2.05) is 24.5 Å². The molecule has 3 heterocycles. The third-order valence-corrected chi connectivity index (χ3v) is 4.51. The molecule has 1 saturated heterocycles. The lowest BCUT2D eigenvalue weighted by Gasteiger charge is -2.32. The second kappa shape index (κ2) is 6.58. The van der Waals surface area contributed by atoms with Gasteiger partial charge >= 0.3 is 0 Å². The van der Waals surface area contributed by atoms with Crippen LogP contribution < -0.4 is 0 Å². The van der Waals surface area contributed by atoms with Crippen molar-refractivity contribution in [3.63, 3.8) is 0 Å². The van der Waals surface area contributed by atoms with Gasteiger partial charge in [-0.25, -0.2) is 4.98 Å². The van der Waals surface area contributed by atoms with E-state index in [1.165, 1.54) is 18.7 Å². The number of aromatic amines is 1. The first-order valence-corrected chi connectivity index (χ1v) is 8.13. The molecule has 1 atom stereocenters. The highest BCUT2D eigenvalue weighted by molar-refractivity contribution is 5.92. The summed E-state index contributed by atoms with van der Waals surface area (Å²) in [5.74, 6) is 1.67. The van der Waals surface area contributed by atoms with Gasteiger partial charge in [-0.15, -0.1) is 0 Å². The molecule has 1 fully saturated rings. The molecule has 0 spiro atoms. The van der Waals surface area contributed by atoms with Crippen molar-refractivity contribution in [3.8, 4) is 0 Å². The molecule has 1 N–H and O–H groups in total. The lowest BCUT2D eigenvalue weighted by molar-refractivity contribution is 0.0822. The molecule has 2 aromatic heterocycles. The monoisotopic (exact) mass is 315 g/mol. The normalized spacial score (nSPS) is 19.0. The molecule has 6 nitrogen and oxygen atoms in total. The van der Waals surface area contributed by atoms with E-state index in [9.17, 15) is 4.79 Å². The molecule has 6 heteroatoms. The molecule has 23 heavy (non-hydrogen) atoms. The van der Waals surface area contributed by atoms with Crippen LogP contribution in [0.2, 0.25) is 0 Å². The number of nitrogens with one attached hydrogen (secondary N) is 1. The number of nitrogens with zero attached hydrogens (tertiary/aromatic N) is 4. The second-order valence-electron chi connectivity index (χ2n) is 6.57. The van der Waals surface area contributed by atoms with E-state index in [1.54, 1.807) is 19.0 Å². The zero-order chi connectivity index (χ0) is 16.4. The maximum atomic E-state index is 12.0. The molecule has 1 aliphatic heterocycles. The molecule has 1 unspecified atom stereocenters. The van der Waals surface area contributed by atoms with Crippen LogP contribution in [0.4, 0.5) is 0 Å². The first-order chi connectivity index (χ1) is 11.0. The van der Waals surface area contributed by atoms with Crippen LogP contribution in [0, 0.1) is 0 Å². The number of hydrogen-bond acceptors (Lipinski definition) is 3. The lowest BCUT2D eigenvalue weighted by Crippen LogP contribution is -2.35. The van der Waals surface area contributed by atoms with Crippen LogP contribution in [0.5, 0.6) is 0 Å². The van der Waals surface area contributed by atoms with Gasteiger partial charge in [0.2, 0.25) is 0 Å². The van der Waals surface area contributed by atoms with Gasteiger partial charge in [0.25, 0.3) is 5.91 Å². The van der Waals surface area contributed by atoms with Gasteiger partial charge in [0.15, 0.2) is 0 Å². The van der Waals surface area contributed by atoms with Crippen LogP contribution >= 0.6 is 0 Å². The maximum Gasteiger partial charge on any atom is 0.269 e. The first-order valence-electron chi connectivity index (χ1n) is 8.13. The number of hydrogen-bond donors (Lipinski definition) is 1. The molecule has 0 aliphatic carbocycles. The fourth-order valence-electron chi connectivity index (χ4n) is 3.32. The van der Waals surface area contributed by atoms with Gasteiger partial charge < -0.3 is 14.5 Å². The number of aromatic nitrogens is 3. The number of carbonyl (C=O) groups excluding carboxylic acids is 1. The Morgan fingerprint density at radius 1 is 1.43 bits per heavy atom. The summed E-state index contributed by atoms with van der Waals surface area (Å²) in [5, 5.41) is 0. The molecule has 0 radical (unpaired) electrons. The van der Waals surface area contributed by atoms with Gasteiger partial charge in [-0.1, -0.05) is 0 Å². The van der Waals surface area contributed by atoms with Crippen LogP contribution in [0.1, 0.15) is 40.8 Å². The van der Waals surface area contributed by atoms with Crippen LogP contribution in [0.15, 0.2) is 24.5 Å². The summed E-state index contributed by atoms with van der Waals surface area (Å²) >= 11 is 0. The zero-order valence-corrected chi connectivity index (χ0v) is 14.1. The highest BCUT2D eigenvalue weighted by atomic mass is 16.2. The summed E-state index contributed by atoms with van der Waals surface area (Å²) < 4.78 is 2.12. The van der Waals surface area contributed by atoms with Gasteiger partial charge in [0, 0.05) is 58.2 Å². The molecule has 2 aromatic rings. The Balaban J connectivity index is 1.64. The highest BCUT2D eigenvalue weighted by Gasteiger charge is 2.24. The molecule has 0 aromatic carbocycles. The molecule has 1 aliphatic rings. The quantitative estimate of drug-likeness (QED) is 0.936. The van der Waals surface area contributed by atoms with Gasteiger partial charge in [0.1, 0.15) is 11.5 Å². The van der Waals surface area contributed by atoms with Crippen molar-refractivity contribution in [2.24, 2.45) is 7.05 Å². The van der Waals surface area contributed by atoms with Crippen molar-refractivity contribution in [1.82, 2.24) is 24.3 Å². The summed E-state index contributed by atoms with van der Waals surface area (Å²) in [6.07, 6.45) is 6.26. The van der Waals surface area contributed by atoms with Crippen LogP contribution in [-0.4, -0.2) is 57.4 Å². The van der Waals surface area contributed by atoms with E-state index in [2.05, 4.69) is 26.5 Å². The summed E-state index contributed by atoms with van der Waals surface area (Å²) in [4.78, 5) is 23.8. The Bertz CT molecular complexity index is 672. The topological polar surface area (TPSA) is 57.2 Å². The van der Waals surface area contributed by atoms with Crippen molar-refractivity contribution < 1.29 is 4.79 Å². The standard InChI is InChI=1S/C17H25N5O/c1-20(2)17(23)15-7-6-14(19-15)12-22-9-4-5-13(11-22)16-18-8-10-21(16)3/h6-8,10,13,19H,4-5,9,11-12H2,1-3H3. The van der Waals surface area contributed by atoms with E-state index in [4.69, 9.17) is 0 Å². The largest absolute Gasteiger partial charge is 0.353 e. The summed E-state index contributed by atoms with van der Waals surface area (Å²) in [6, 6.07) is 3.89. The van der Waals surface area contributed by atoms with Crippen LogP contribution in [-0.2, 0) is 13.6 Å². The molecule has 0 saturated carbocycles. The summed E-state index contributed by atoms with van der Waals surface area (Å²) in [5.41, 5.74) is 1.75. The van der Waals surface area contributed by atoms with Crippen LogP contribution in [0.3, 0.4) is 0 Å². The predicted octanol–water partition coefficient (Wildman–Crippen LogP) is 1.83. The van der Waals surface area contributed by atoms with Crippen LogP contribution in [0.25, 0.3) is 0 Å². The van der Waals surface area contributed by atoms with E-state index in [0.29, 0.717) is 11.6 Å². The molecule has 0 bridgehead atoms. The number of amides is 1. The molecule has 3 rings (SSSR count). The van der Waals surface area contributed by atoms with Gasteiger partial charge in [-0.2, -0.15) is 0 Å². The van der Waals surface area contributed by atoms with Crippen molar-refractivity contribution in [1.29, 1.82) is 0 Å². The van der Waals surface area contributed by atoms with Gasteiger partial charge in [-0.3, -0.25) is 9.69 Å². The van der Waals surface area contributed by atoms with E-state index >= 15 is 0 Å².